The molecule has 0 atom stereocenters. The van der Waals surface area contributed by atoms with Gasteiger partial charge in [0.25, 0.3) is 5.69 Å². The maximum atomic E-state index is 11.9. The molecule has 0 aliphatic rings. The van der Waals surface area contributed by atoms with E-state index >= 15 is 0 Å². The average molecular weight is 313 g/mol. The molecular formula is C17H15NO5. The Bertz CT molecular complexity index is 733. The largest absolute Gasteiger partial charge is 0.386 e. The SMILES string of the molecule is CC(C)c1ccc(C(=O)OC(=O)c2ccc([N+](=O)[O-])cc2)cc1. The minimum atomic E-state index is -0.849. The molecule has 0 N–H and O–H groups in total. The van der Waals surface area contributed by atoms with Gasteiger partial charge in [0.1, 0.15) is 0 Å². The normalized spacial score (nSPS) is 10.4. The van der Waals surface area contributed by atoms with Gasteiger partial charge in [-0.1, -0.05) is 26.0 Å². The maximum Gasteiger partial charge on any atom is 0.346 e. The first-order chi connectivity index (χ1) is 10.9. The van der Waals surface area contributed by atoms with Crippen molar-refractivity contribution < 1.29 is 19.2 Å². The number of rotatable bonds is 4. The lowest BCUT2D eigenvalue weighted by atomic mass is 10.0. The van der Waals surface area contributed by atoms with Gasteiger partial charge >= 0.3 is 11.9 Å². The van der Waals surface area contributed by atoms with Crippen molar-refractivity contribution in [1.29, 1.82) is 0 Å². The number of non-ortho nitro benzene ring substituents is 1. The van der Waals surface area contributed by atoms with Crippen LogP contribution in [-0.4, -0.2) is 16.9 Å². The van der Waals surface area contributed by atoms with E-state index in [1.807, 2.05) is 13.8 Å². The molecule has 0 aromatic heterocycles. The molecule has 0 amide bonds. The summed E-state index contributed by atoms with van der Waals surface area (Å²) in [5, 5.41) is 10.6. The van der Waals surface area contributed by atoms with Gasteiger partial charge in [0.2, 0.25) is 0 Å². The van der Waals surface area contributed by atoms with Crippen LogP contribution in [0.1, 0.15) is 46.0 Å². The molecule has 0 unspecified atom stereocenters. The third kappa shape index (κ3) is 4.00. The molecule has 0 saturated carbocycles. The van der Waals surface area contributed by atoms with Crippen molar-refractivity contribution in [2.75, 3.05) is 0 Å². The molecule has 2 rings (SSSR count). The van der Waals surface area contributed by atoms with Gasteiger partial charge in [0.05, 0.1) is 16.1 Å². The molecule has 0 bridgehead atoms. The smallest absolute Gasteiger partial charge is 0.346 e. The van der Waals surface area contributed by atoms with Crippen molar-refractivity contribution in [3.63, 3.8) is 0 Å². The van der Waals surface area contributed by atoms with E-state index < -0.39 is 16.9 Å². The molecular weight excluding hydrogens is 298 g/mol. The molecule has 0 radical (unpaired) electrons. The lowest BCUT2D eigenvalue weighted by Gasteiger charge is -2.06. The summed E-state index contributed by atoms with van der Waals surface area (Å²) in [6.07, 6.45) is 0. The third-order valence-electron chi connectivity index (χ3n) is 3.31. The summed E-state index contributed by atoms with van der Waals surface area (Å²) in [6, 6.07) is 11.7. The highest BCUT2D eigenvalue weighted by Gasteiger charge is 2.16. The summed E-state index contributed by atoms with van der Waals surface area (Å²) in [7, 11) is 0. The van der Waals surface area contributed by atoms with Gasteiger partial charge < -0.3 is 4.74 Å². The lowest BCUT2D eigenvalue weighted by molar-refractivity contribution is -0.384. The predicted molar refractivity (Wildman–Crippen MR) is 83.4 cm³/mol. The summed E-state index contributed by atoms with van der Waals surface area (Å²) in [5.74, 6) is -1.27. The van der Waals surface area contributed by atoms with Crippen molar-refractivity contribution in [1.82, 2.24) is 0 Å². The zero-order valence-corrected chi connectivity index (χ0v) is 12.7. The van der Waals surface area contributed by atoms with Gasteiger partial charge in [-0.2, -0.15) is 0 Å². The molecule has 0 heterocycles. The van der Waals surface area contributed by atoms with E-state index in [0.717, 1.165) is 5.56 Å². The number of carbonyl (C=O) groups is 2. The molecule has 0 aliphatic carbocycles. The number of benzene rings is 2. The number of ether oxygens (including phenoxy) is 1. The summed E-state index contributed by atoms with van der Waals surface area (Å²) < 4.78 is 4.78. The van der Waals surface area contributed by atoms with E-state index in [1.165, 1.54) is 24.3 Å². The summed E-state index contributed by atoms with van der Waals surface area (Å²) in [4.78, 5) is 33.8. The van der Waals surface area contributed by atoms with Gasteiger partial charge in [0, 0.05) is 12.1 Å². The number of nitro benzene ring substituents is 1. The Labute approximate surface area is 132 Å². The lowest BCUT2D eigenvalue weighted by Crippen LogP contribution is -2.13. The second-order valence-electron chi connectivity index (χ2n) is 5.26. The highest BCUT2D eigenvalue weighted by Crippen LogP contribution is 2.16. The standard InChI is InChI=1S/C17H15NO5/c1-11(2)12-3-5-13(6-4-12)16(19)23-17(20)14-7-9-15(10-8-14)18(21)22/h3-11H,1-2H3. The summed E-state index contributed by atoms with van der Waals surface area (Å²) >= 11 is 0. The fourth-order valence-corrected chi connectivity index (χ4v) is 1.93. The highest BCUT2D eigenvalue weighted by atomic mass is 16.6. The van der Waals surface area contributed by atoms with Crippen molar-refractivity contribution in [3.05, 3.63) is 75.3 Å². The van der Waals surface area contributed by atoms with Gasteiger partial charge in [-0.05, 0) is 35.7 Å². The molecule has 0 fully saturated rings. The van der Waals surface area contributed by atoms with E-state index in [9.17, 15) is 19.7 Å². The van der Waals surface area contributed by atoms with Crippen LogP contribution < -0.4 is 0 Å². The summed E-state index contributed by atoms with van der Waals surface area (Å²) in [6.45, 7) is 4.07. The van der Waals surface area contributed by atoms with Crippen LogP contribution in [0.2, 0.25) is 0 Å². The first-order valence-corrected chi connectivity index (χ1v) is 6.99. The molecule has 2 aromatic rings. The van der Waals surface area contributed by atoms with E-state index in [0.29, 0.717) is 5.92 Å². The molecule has 6 heteroatoms. The van der Waals surface area contributed by atoms with Crippen LogP contribution in [0.3, 0.4) is 0 Å². The van der Waals surface area contributed by atoms with Crippen molar-refractivity contribution >= 4 is 17.6 Å². The van der Waals surface area contributed by atoms with Crippen molar-refractivity contribution in [3.8, 4) is 0 Å². The zero-order chi connectivity index (χ0) is 17.0. The van der Waals surface area contributed by atoms with E-state index in [2.05, 4.69) is 0 Å². The second kappa shape index (κ2) is 6.83. The number of carbonyl (C=O) groups excluding carboxylic acids is 2. The average Bonchev–Trinajstić information content (AvgIpc) is 2.54. The number of hydrogen-bond acceptors (Lipinski definition) is 5. The molecule has 0 saturated heterocycles. The van der Waals surface area contributed by atoms with Gasteiger partial charge in [-0.3, -0.25) is 10.1 Å². The first-order valence-electron chi connectivity index (χ1n) is 6.99. The van der Waals surface area contributed by atoms with Crippen LogP contribution in [0.25, 0.3) is 0 Å². The van der Waals surface area contributed by atoms with E-state index in [4.69, 9.17) is 4.74 Å². The van der Waals surface area contributed by atoms with Crippen LogP contribution in [-0.2, 0) is 4.74 Å². The molecule has 23 heavy (non-hydrogen) atoms. The number of nitrogens with zero attached hydrogens (tertiary/aromatic N) is 1. The van der Waals surface area contributed by atoms with Crippen molar-refractivity contribution in [2.24, 2.45) is 0 Å². The monoisotopic (exact) mass is 313 g/mol. The minimum Gasteiger partial charge on any atom is -0.386 e. The van der Waals surface area contributed by atoms with Gasteiger partial charge in [-0.15, -0.1) is 0 Å². The molecule has 118 valence electrons. The third-order valence-corrected chi connectivity index (χ3v) is 3.31. The Morgan fingerprint density at radius 3 is 1.74 bits per heavy atom. The van der Waals surface area contributed by atoms with E-state index in [1.54, 1.807) is 24.3 Å². The zero-order valence-electron chi connectivity index (χ0n) is 12.7. The Hall–Kier alpha value is -3.02. The number of hydrogen-bond donors (Lipinski definition) is 0. The van der Waals surface area contributed by atoms with Gasteiger partial charge in [0.15, 0.2) is 0 Å². The highest BCUT2D eigenvalue weighted by molar-refractivity contribution is 6.02. The summed E-state index contributed by atoms with van der Waals surface area (Å²) in [5.41, 5.74) is 1.27. The van der Waals surface area contributed by atoms with E-state index in [-0.39, 0.29) is 16.8 Å². The maximum absolute atomic E-state index is 11.9. The van der Waals surface area contributed by atoms with Crippen LogP contribution in [0.15, 0.2) is 48.5 Å². The minimum absolute atomic E-state index is 0.0720. The first kappa shape index (κ1) is 16.4. The fourth-order valence-electron chi connectivity index (χ4n) is 1.93. The molecule has 2 aromatic carbocycles. The molecule has 0 spiro atoms. The Balaban J connectivity index is 2.07. The number of nitro groups is 1. The quantitative estimate of drug-likeness (QED) is 0.371. The topological polar surface area (TPSA) is 86.5 Å². The number of esters is 2. The van der Waals surface area contributed by atoms with Crippen molar-refractivity contribution in [2.45, 2.75) is 19.8 Å². The Morgan fingerprint density at radius 2 is 1.35 bits per heavy atom. The van der Waals surface area contributed by atoms with Crippen LogP contribution >= 0.6 is 0 Å². The van der Waals surface area contributed by atoms with Crippen LogP contribution in [0.4, 0.5) is 5.69 Å². The van der Waals surface area contributed by atoms with Crippen LogP contribution in [0.5, 0.6) is 0 Å². The predicted octanol–water partition coefficient (Wildman–Crippen LogP) is 3.72. The molecule has 6 nitrogen and oxygen atoms in total. The Morgan fingerprint density at radius 1 is 0.913 bits per heavy atom. The Kier molecular flexibility index (Phi) is 4.85. The van der Waals surface area contributed by atoms with Gasteiger partial charge in [-0.25, -0.2) is 9.59 Å². The second-order valence-corrected chi connectivity index (χ2v) is 5.26. The van der Waals surface area contributed by atoms with Crippen LogP contribution in [0, 0.1) is 10.1 Å². The molecule has 0 aliphatic heterocycles. The fraction of sp³-hybridized carbons (Fsp3) is 0.176.